The van der Waals surface area contributed by atoms with Gasteiger partial charge in [0, 0.05) is 11.1 Å². The van der Waals surface area contributed by atoms with Gasteiger partial charge in [0.15, 0.2) is 5.78 Å². The second-order valence-electron chi connectivity index (χ2n) is 2.79. The molecule has 0 aliphatic rings. The molecule has 0 unspecified atom stereocenters. The third-order valence-electron chi connectivity index (χ3n) is 1.79. The van der Waals surface area contributed by atoms with Crippen LogP contribution in [0.3, 0.4) is 0 Å². The Kier molecular flexibility index (Phi) is 3.06. The van der Waals surface area contributed by atoms with Gasteiger partial charge in [-0.2, -0.15) is 0 Å². The highest BCUT2D eigenvalue weighted by Gasteiger charge is 2.20. The summed E-state index contributed by atoms with van der Waals surface area (Å²) in [6, 6.07) is 2.37. The first kappa shape index (κ1) is 10.9. The summed E-state index contributed by atoms with van der Waals surface area (Å²) >= 11 is 5.66. The van der Waals surface area contributed by atoms with Crippen LogP contribution in [-0.2, 0) is 0 Å². The number of halogens is 3. The predicted molar refractivity (Wildman–Crippen MR) is 50.8 cm³/mol. The topological polar surface area (TPSA) is 43.1 Å². The zero-order valence-electron chi connectivity index (χ0n) is 7.35. The Hall–Kier alpha value is -1.16. The summed E-state index contributed by atoms with van der Waals surface area (Å²) in [7, 11) is 0. The number of hydrogen-bond donors (Lipinski definition) is 1. The van der Waals surface area contributed by atoms with Gasteiger partial charge in [0.25, 0.3) is 6.43 Å². The highest BCUT2D eigenvalue weighted by molar-refractivity contribution is 6.36. The van der Waals surface area contributed by atoms with Crippen LogP contribution in [0.1, 0.15) is 29.3 Å². The molecule has 0 radical (unpaired) electrons. The van der Waals surface area contributed by atoms with Gasteiger partial charge in [-0.25, -0.2) is 8.78 Å². The van der Waals surface area contributed by atoms with E-state index < -0.39 is 12.2 Å². The van der Waals surface area contributed by atoms with Crippen molar-refractivity contribution in [1.29, 1.82) is 0 Å². The molecule has 2 N–H and O–H groups in total. The van der Waals surface area contributed by atoms with Crippen LogP contribution in [0.4, 0.5) is 14.5 Å². The molecule has 0 aliphatic carbocycles. The summed E-state index contributed by atoms with van der Waals surface area (Å²) in [5, 5.41) is -0.102. The van der Waals surface area contributed by atoms with Gasteiger partial charge in [-0.15, -0.1) is 0 Å². The highest BCUT2D eigenvalue weighted by Crippen LogP contribution is 2.32. The third-order valence-corrected chi connectivity index (χ3v) is 2.20. The smallest absolute Gasteiger partial charge is 0.264 e. The number of nitrogen functional groups attached to an aromatic ring is 1. The van der Waals surface area contributed by atoms with Gasteiger partial charge in [-0.1, -0.05) is 17.7 Å². The molecule has 0 amide bonds. The van der Waals surface area contributed by atoms with E-state index in [2.05, 4.69) is 0 Å². The second kappa shape index (κ2) is 3.92. The maximum absolute atomic E-state index is 12.4. The van der Waals surface area contributed by atoms with E-state index in [1.807, 2.05) is 0 Å². The molecular weight excluding hydrogens is 212 g/mol. The fourth-order valence-electron chi connectivity index (χ4n) is 1.15. The molecule has 0 fully saturated rings. The lowest BCUT2D eigenvalue weighted by Crippen LogP contribution is -2.03. The molecule has 0 aliphatic heterocycles. The number of anilines is 1. The minimum absolute atomic E-state index is 0.102. The van der Waals surface area contributed by atoms with E-state index in [0.29, 0.717) is 0 Å². The van der Waals surface area contributed by atoms with Crippen LogP contribution < -0.4 is 5.73 Å². The molecule has 1 aromatic rings. The molecule has 76 valence electrons. The van der Waals surface area contributed by atoms with Gasteiger partial charge >= 0.3 is 0 Å². The van der Waals surface area contributed by atoms with Gasteiger partial charge in [-0.05, 0) is 13.0 Å². The van der Waals surface area contributed by atoms with Gasteiger partial charge < -0.3 is 5.73 Å². The summed E-state index contributed by atoms with van der Waals surface area (Å²) < 4.78 is 24.9. The molecule has 0 bridgehead atoms. The maximum Gasteiger partial charge on any atom is 0.264 e. The number of carbonyl (C=O) groups excluding carboxylic acids is 1. The van der Waals surface area contributed by atoms with Crippen LogP contribution in [0.25, 0.3) is 0 Å². The number of Topliss-reactive ketones (excluding diaryl/α,β-unsaturated/α-hetero) is 1. The van der Waals surface area contributed by atoms with Crippen molar-refractivity contribution in [2.75, 3.05) is 5.73 Å². The molecule has 0 aromatic heterocycles. The molecule has 0 saturated heterocycles. The lowest BCUT2D eigenvalue weighted by Gasteiger charge is -2.09. The van der Waals surface area contributed by atoms with Crippen molar-refractivity contribution in [3.8, 4) is 0 Å². The first-order valence-corrected chi connectivity index (χ1v) is 4.20. The SMILES string of the molecule is CC(=O)c1c(C(F)F)ccc(N)c1Cl. The minimum atomic E-state index is -2.73. The quantitative estimate of drug-likeness (QED) is 0.614. The number of hydrogen-bond acceptors (Lipinski definition) is 2. The fourth-order valence-corrected chi connectivity index (χ4v) is 1.45. The summed E-state index contributed by atoms with van der Waals surface area (Å²) in [5.41, 5.74) is 4.95. The van der Waals surface area contributed by atoms with Crippen molar-refractivity contribution in [3.05, 3.63) is 28.3 Å². The van der Waals surface area contributed by atoms with E-state index >= 15 is 0 Å². The molecule has 0 spiro atoms. The van der Waals surface area contributed by atoms with E-state index in [1.165, 1.54) is 13.0 Å². The van der Waals surface area contributed by atoms with Gasteiger partial charge in [0.2, 0.25) is 0 Å². The van der Waals surface area contributed by atoms with E-state index in [1.54, 1.807) is 0 Å². The number of carbonyl (C=O) groups is 1. The van der Waals surface area contributed by atoms with Crippen LogP contribution in [0.2, 0.25) is 5.02 Å². The van der Waals surface area contributed by atoms with Gasteiger partial charge in [0.1, 0.15) is 0 Å². The number of ketones is 1. The zero-order valence-corrected chi connectivity index (χ0v) is 8.11. The Morgan fingerprint density at radius 3 is 2.50 bits per heavy atom. The van der Waals surface area contributed by atoms with Crippen molar-refractivity contribution >= 4 is 23.1 Å². The predicted octanol–water partition coefficient (Wildman–Crippen LogP) is 3.06. The van der Waals surface area contributed by atoms with Crippen LogP contribution in [0.15, 0.2) is 12.1 Å². The van der Waals surface area contributed by atoms with E-state index in [9.17, 15) is 13.6 Å². The Morgan fingerprint density at radius 1 is 1.50 bits per heavy atom. The van der Waals surface area contributed by atoms with Crippen molar-refractivity contribution in [2.45, 2.75) is 13.3 Å². The van der Waals surface area contributed by atoms with E-state index in [0.717, 1.165) is 6.07 Å². The summed E-state index contributed by atoms with van der Waals surface area (Å²) in [6.07, 6.45) is -2.73. The summed E-state index contributed by atoms with van der Waals surface area (Å²) in [4.78, 5) is 11.1. The van der Waals surface area contributed by atoms with Gasteiger partial charge in [0.05, 0.1) is 10.7 Å². The Labute approximate surface area is 84.7 Å². The molecule has 5 heteroatoms. The monoisotopic (exact) mass is 219 g/mol. The molecule has 14 heavy (non-hydrogen) atoms. The Balaban J connectivity index is 3.45. The number of benzene rings is 1. The average molecular weight is 220 g/mol. The van der Waals surface area contributed by atoms with Crippen LogP contribution in [0, 0.1) is 0 Å². The normalized spacial score (nSPS) is 10.6. The minimum Gasteiger partial charge on any atom is -0.398 e. The van der Waals surface area contributed by atoms with E-state index in [-0.39, 0.29) is 21.8 Å². The third kappa shape index (κ3) is 1.85. The van der Waals surface area contributed by atoms with Crippen molar-refractivity contribution in [2.24, 2.45) is 0 Å². The Morgan fingerprint density at radius 2 is 2.07 bits per heavy atom. The lowest BCUT2D eigenvalue weighted by atomic mass is 10.0. The van der Waals surface area contributed by atoms with Crippen molar-refractivity contribution in [1.82, 2.24) is 0 Å². The van der Waals surface area contributed by atoms with Crippen LogP contribution >= 0.6 is 11.6 Å². The first-order valence-electron chi connectivity index (χ1n) is 3.82. The average Bonchev–Trinajstić information content (AvgIpc) is 2.08. The molecule has 0 atom stereocenters. The largest absolute Gasteiger partial charge is 0.398 e. The van der Waals surface area contributed by atoms with Crippen molar-refractivity contribution < 1.29 is 13.6 Å². The van der Waals surface area contributed by atoms with E-state index in [4.69, 9.17) is 17.3 Å². The molecule has 2 nitrogen and oxygen atoms in total. The van der Waals surface area contributed by atoms with Gasteiger partial charge in [-0.3, -0.25) is 4.79 Å². The lowest BCUT2D eigenvalue weighted by molar-refractivity contribution is 0.0999. The molecule has 0 saturated carbocycles. The Bertz CT molecular complexity index is 379. The molecule has 1 rings (SSSR count). The highest BCUT2D eigenvalue weighted by atomic mass is 35.5. The van der Waals surface area contributed by atoms with Crippen molar-refractivity contribution in [3.63, 3.8) is 0 Å². The molecule has 0 heterocycles. The fraction of sp³-hybridized carbons (Fsp3) is 0.222. The first-order chi connectivity index (χ1) is 6.45. The summed E-state index contributed by atoms with van der Waals surface area (Å²) in [6.45, 7) is 1.17. The maximum atomic E-state index is 12.4. The molecule has 1 aromatic carbocycles. The second-order valence-corrected chi connectivity index (χ2v) is 3.17. The summed E-state index contributed by atoms with van der Waals surface area (Å²) in [5.74, 6) is -0.516. The van der Waals surface area contributed by atoms with Crippen LogP contribution in [-0.4, -0.2) is 5.78 Å². The standard InChI is InChI=1S/C9H8ClF2NO/c1-4(14)7-5(9(11)12)2-3-6(13)8(7)10/h2-3,9H,13H2,1H3. The number of alkyl halides is 2. The molecular formula is C9H8ClF2NO. The number of rotatable bonds is 2. The number of nitrogens with two attached hydrogens (primary N) is 1. The zero-order chi connectivity index (χ0) is 10.9. The van der Waals surface area contributed by atoms with Crippen LogP contribution in [0.5, 0.6) is 0 Å².